The average molecular weight is 328 g/mol. The molecule has 130 valence electrons. The maximum Gasteiger partial charge on any atom is 0.248 e. The van der Waals surface area contributed by atoms with E-state index in [1.165, 1.54) is 27.8 Å². The molecule has 0 aliphatic carbocycles. The number of hydrogen-bond donors (Lipinski definition) is 4. The van der Waals surface area contributed by atoms with Crippen LogP contribution in [-0.4, -0.2) is 64.4 Å². The minimum atomic E-state index is -1.33. The van der Waals surface area contributed by atoms with Crippen molar-refractivity contribution in [3.8, 4) is 0 Å². The second-order valence-electron chi connectivity index (χ2n) is 6.16. The van der Waals surface area contributed by atoms with Crippen LogP contribution < -0.4 is 16.4 Å². The van der Waals surface area contributed by atoms with Gasteiger partial charge < -0.3 is 26.4 Å². The summed E-state index contributed by atoms with van der Waals surface area (Å²) in [6, 6.07) is -2.07. The molecule has 0 bridgehead atoms. The summed E-state index contributed by atoms with van der Waals surface area (Å²) < 4.78 is 0. The summed E-state index contributed by atoms with van der Waals surface area (Å²) in [5.41, 5.74) is 3.90. The smallest absolute Gasteiger partial charge is 0.248 e. The summed E-state index contributed by atoms with van der Waals surface area (Å²) in [6.07, 6.45) is -1.16. The van der Waals surface area contributed by atoms with Crippen LogP contribution in [0.3, 0.4) is 0 Å². The molecule has 0 aromatic carbocycles. The minimum absolute atomic E-state index is 0.388. The van der Waals surface area contributed by atoms with Crippen LogP contribution in [0.5, 0.6) is 0 Å². The van der Waals surface area contributed by atoms with Gasteiger partial charge in [-0.1, -0.05) is 6.92 Å². The molecule has 5 N–H and O–H groups in total. The van der Waals surface area contributed by atoms with Crippen molar-refractivity contribution in [2.24, 2.45) is 11.7 Å². The highest BCUT2D eigenvalue weighted by Gasteiger charge is 2.54. The van der Waals surface area contributed by atoms with Gasteiger partial charge >= 0.3 is 0 Å². The summed E-state index contributed by atoms with van der Waals surface area (Å²) in [4.78, 5) is 48.6. The molecular weight excluding hydrogens is 304 g/mol. The van der Waals surface area contributed by atoms with Crippen LogP contribution in [0.2, 0.25) is 0 Å². The van der Waals surface area contributed by atoms with Crippen LogP contribution in [0, 0.1) is 5.92 Å². The molecule has 1 fully saturated rings. The summed E-state index contributed by atoms with van der Waals surface area (Å²) in [7, 11) is 1.33. The predicted octanol–water partition coefficient (Wildman–Crippen LogP) is -2.29. The van der Waals surface area contributed by atoms with Crippen LogP contribution in [-0.2, 0) is 19.2 Å². The number of carbonyl (C=O) groups is 4. The van der Waals surface area contributed by atoms with E-state index >= 15 is 0 Å². The highest BCUT2D eigenvalue weighted by Crippen LogP contribution is 2.30. The molecule has 9 nitrogen and oxygen atoms in total. The lowest BCUT2D eigenvalue weighted by atomic mass is 9.84. The van der Waals surface area contributed by atoms with Gasteiger partial charge in [0, 0.05) is 19.9 Å². The molecule has 23 heavy (non-hydrogen) atoms. The Hall–Kier alpha value is -2.16. The Balaban J connectivity index is 3.08. The van der Waals surface area contributed by atoms with E-state index in [2.05, 4.69) is 10.6 Å². The molecule has 1 heterocycles. The van der Waals surface area contributed by atoms with Gasteiger partial charge in [-0.15, -0.1) is 0 Å². The normalized spacial score (nSPS) is 29.4. The first-order valence-electron chi connectivity index (χ1n) is 7.27. The Morgan fingerprint density at radius 3 is 2.35 bits per heavy atom. The summed E-state index contributed by atoms with van der Waals surface area (Å²) >= 11 is 0. The number of hydrogen-bond acceptors (Lipinski definition) is 5. The highest BCUT2D eigenvalue weighted by molar-refractivity contribution is 6.00. The van der Waals surface area contributed by atoms with E-state index in [9.17, 15) is 24.3 Å². The van der Waals surface area contributed by atoms with Crippen LogP contribution in [0.25, 0.3) is 0 Å². The molecule has 0 aromatic rings. The Morgan fingerprint density at radius 2 is 1.96 bits per heavy atom. The van der Waals surface area contributed by atoms with Crippen molar-refractivity contribution in [3.63, 3.8) is 0 Å². The quantitative estimate of drug-likeness (QED) is 0.449. The fourth-order valence-corrected chi connectivity index (χ4v) is 2.91. The lowest BCUT2D eigenvalue weighted by Crippen LogP contribution is -2.61. The number of nitrogens with two attached hydrogens (primary N) is 1. The largest absolute Gasteiger partial charge is 0.391 e. The van der Waals surface area contributed by atoms with E-state index in [1.54, 1.807) is 6.92 Å². The van der Waals surface area contributed by atoms with E-state index in [-0.39, 0.29) is 5.91 Å². The van der Waals surface area contributed by atoms with E-state index in [0.717, 1.165) is 4.90 Å². The zero-order chi connectivity index (χ0) is 18.1. The SMILES string of the molecule is CC(=O)NC1C(=O)NC(C)(C(=O)N(C)[C@H](C(N)=O)[C@@H](C)O)C1C. The molecule has 0 aromatic heterocycles. The zero-order valence-electron chi connectivity index (χ0n) is 13.9. The Bertz CT molecular complexity index is 535. The van der Waals surface area contributed by atoms with Crippen molar-refractivity contribution < 1.29 is 24.3 Å². The number of likely N-dealkylation sites (N-methyl/N-ethyl adjacent to an activating group) is 1. The second-order valence-corrected chi connectivity index (χ2v) is 6.16. The van der Waals surface area contributed by atoms with Crippen molar-refractivity contribution in [2.45, 2.75) is 51.4 Å². The van der Waals surface area contributed by atoms with E-state index in [1.807, 2.05) is 0 Å². The maximum atomic E-state index is 12.8. The maximum absolute atomic E-state index is 12.8. The van der Waals surface area contributed by atoms with Gasteiger partial charge in [-0.2, -0.15) is 0 Å². The Kier molecular flexibility index (Phi) is 5.36. The van der Waals surface area contributed by atoms with E-state index in [0.29, 0.717) is 0 Å². The van der Waals surface area contributed by atoms with Crippen LogP contribution >= 0.6 is 0 Å². The summed E-state index contributed by atoms with van der Waals surface area (Å²) in [5, 5.41) is 14.8. The number of carbonyl (C=O) groups excluding carboxylic acids is 4. The molecule has 1 aliphatic heterocycles. The predicted molar refractivity (Wildman–Crippen MR) is 80.7 cm³/mol. The van der Waals surface area contributed by atoms with Crippen LogP contribution in [0.4, 0.5) is 0 Å². The van der Waals surface area contributed by atoms with Gasteiger partial charge in [-0.05, 0) is 13.8 Å². The topological polar surface area (TPSA) is 142 Å². The first kappa shape index (κ1) is 18.9. The number of nitrogens with one attached hydrogen (secondary N) is 2. The number of nitrogens with zero attached hydrogens (tertiary/aromatic N) is 1. The van der Waals surface area contributed by atoms with E-state index in [4.69, 9.17) is 5.73 Å². The second kappa shape index (κ2) is 6.53. The minimum Gasteiger partial charge on any atom is -0.391 e. The third-order valence-electron chi connectivity index (χ3n) is 4.37. The van der Waals surface area contributed by atoms with Gasteiger partial charge in [-0.25, -0.2) is 0 Å². The molecule has 0 spiro atoms. The third kappa shape index (κ3) is 3.44. The van der Waals surface area contributed by atoms with Crippen molar-refractivity contribution in [1.82, 2.24) is 15.5 Å². The van der Waals surface area contributed by atoms with Gasteiger partial charge in [0.25, 0.3) is 0 Å². The lowest BCUT2D eigenvalue weighted by molar-refractivity contribution is -0.147. The molecule has 3 unspecified atom stereocenters. The van der Waals surface area contributed by atoms with Crippen LogP contribution in [0.1, 0.15) is 27.7 Å². The number of primary amides is 1. The molecular formula is C14H24N4O5. The molecule has 1 saturated heterocycles. The standard InChI is InChI=1S/C14H24N4O5/c1-6-9(16-8(3)20)12(22)17-14(6,4)13(23)18(5)10(7(2)19)11(15)21/h6-7,9-10,19H,1-5H3,(H2,15,21)(H,16,20)(H,17,22)/t6?,7-,9?,10+,14?/m1/s1. The molecule has 0 radical (unpaired) electrons. The fourth-order valence-electron chi connectivity index (χ4n) is 2.91. The molecule has 5 atom stereocenters. The van der Waals surface area contributed by atoms with Gasteiger partial charge in [0.2, 0.25) is 23.6 Å². The van der Waals surface area contributed by atoms with Crippen LogP contribution in [0.15, 0.2) is 0 Å². The highest BCUT2D eigenvalue weighted by atomic mass is 16.3. The first-order chi connectivity index (χ1) is 10.4. The monoisotopic (exact) mass is 328 g/mol. The van der Waals surface area contributed by atoms with Crippen molar-refractivity contribution >= 4 is 23.6 Å². The number of amides is 4. The lowest BCUT2D eigenvalue weighted by Gasteiger charge is -2.36. The van der Waals surface area contributed by atoms with Gasteiger partial charge in [0.15, 0.2) is 0 Å². The third-order valence-corrected chi connectivity index (χ3v) is 4.37. The van der Waals surface area contributed by atoms with Gasteiger partial charge in [0.1, 0.15) is 17.6 Å². The van der Waals surface area contributed by atoms with E-state index < -0.39 is 47.4 Å². The molecule has 4 amide bonds. The molecule has 9 heteroatoms. The Morgan fingerprint density at radius 1 is 1.43 bits per heavy atom. The number of aliphatic hydroxyl groups excluding tert-OH is 1. The van der Waals surface area contributed by atoms with Gasteiger partial charge in [0.05, 0.1) is 6.10 Å². The van der Waals surface area contributed by atoms with Crippen molar-refractivity contribution in [3.05, 3.63) is 0 Å². The fraction of sp³-hybridized carbons (Fsp3) is 0.714. The van der Waals surface area contributed by atoms with Gasteiger partial charge in [-0.3, -0.25) is 19.2 Å². The Labute approximate surface area is 134 Å². The summed E-state index contributed by atoms with van der Waals surface area (Å²) in [6.45, 7) is 5.78. The van der Waals surface area contributed by atoms with Crippen molar-refractivity contribution in [2.75, 3.05) is 7.05 Å². The number of rotatable bonds is 5. The van der Waals surface area contributed by atoms with Crippen molar-refractivity contribution in [1.29, 1.82) is 0 Å². The molecule has 1 rings (SSSR count). The molecule has 1 aliphatic rings. The first-order valence-corrected chi connectivity index (χ1v) is 7.27. The number of aliphatic hydroxyl groups is 1. The zero-order valence-corrected chi connectivity index (χ0v) is 13.9. The summed E-state index contributed by atoms with van der Waals surface area (Å²) in [5.74, 6) is -2.85. The molecule has 0 saturated carbocycles. The average Bonchev–Trinajstić information content (AvgIpc) is 2.61.